The second kappa shape index (κ2) is 9.96. The molecule has 0 bridgehead atoms. The van der Waals surface area contributed by atoms with Crippen molar-refractivity contribution in [3.05, 3.63) is 46.5 Å². The number of ether oxygens (including phenoxy) is 1. The van der Waals surface area contributed by atoms with Crippen molar-refractivity contribution in [3.8, 4) is 11.5 Å². The summed E-state index contributed by atoms with van der Waals surface area (Å²) >= 11 is 5.85. The van der Waals surface area contributed by atoms with E-state index in [0.717, 1.165) is 0 Å². The first kappa shape index (κ1) is 28.2. The van der Waals surface area contributed by atoms with E-state index in [1.165, 1.54) is 30.3 Å². The molecule has 2 aromatic rings. The number of rotatable bonds is 4. The second-order valence-electron chi connectivity index (χ2n) is 10.7. The number of benzene rings is 2. The number of aromatic hydroxyl groups is 1. The number of carbonyl (C=O) groups is 6. The van der Waals surface area contributed by atoms with Gasteiger partial charge in [-0.25, -0.2) is 4.79 Å². The van der Waals surface area contributed by atoms with Crippen LogP contribution in [0.25, 0.3) is 0 Å². The largest absolute Gasteiger partial charge is 0.505 e. The Morgan fingerprint density at radius 1 is 1.10 bits per heavy atom. The Balaban J connectivity index is 1.53. The maximum absolute atomic E-state index is 13.9. The van der Waals surface area contributed by atoms with Crippen molar-refractivity contribution in [3.63, 3.8) is 0 Å². The number of phenolic OH excluding ortho intramolecular Hbond substituents is 1. The van der Waals surface area contributed by atoms with Crippen molar-refractivity contribution in [2.24, 2.45) is 29.4 Å². The SMILES string of the molecule is CN(C)c1cc(NC(=O)Oc2ccc(Cl)cc2)c(O)c2c1C[C@H]1C[C@H]3CC(=O)C(C(N)=O)C(=O)[C@@]3(O)C(=O)C1C2=O. The Morgan fingerprint density at radius 3 is 2.37 bits per heavy atom. The third-order valence-electron chi connectivity index (χ3n) is 8.12. The number of amides is 2. The van der Waals surface area contributed by atoms with Gasteiger partial charge in [-0.2, -0.15) is 0 Å². The van der Waals surface area contributed by atoms with Crippen molar-refractivity contribution < 1.29 is 43.7 Å². The van der Waals surface area contributed by atoms with Gasteiger partial charge >= 0.3 is 6.09 Å². The van der Waals surface area contributed by atoms with Crippen molar-refractivity contribution in [2.45, 2.75) is 24.9 Å². The minimum absolute atomic E-state index is 0.0257. The minimum atomic E-state index is -2.75. The van der Waals surface area contributed by atoms with E-state index < -0.39 is 76.6 Å². The number of hydrogen-bond donors (Lipinski definition) is 4. The molecule has 3 aliphatic rings. The average molecular weight is 584 g/mol. The summed E-state index contributed by atoms with van der Waals surface area (Å²) in [4.78, 5) is 79.3. The van der Waals surface area contributed by atoms with Crippen LogP contribution in [0, 0.1) is 23.7 Å². The third-order valence-corrected chi connectivity index (χ3v) is 8.37. The van der Waals surface area contributed by atoms with E-state index in [1.54, 1.807) is 19.0 Å². The summed E-state index contributed by atoms with van der Waals surface area (Å²) in [5.74, 6) is -11.2. The van der Waals surface area contributed by atoms with E-state index in [0.29, 0.717) is 16.3 Å². The van der Waals surface area contributed by atoms with Crippen LogP contribution in [-0.4, -0.2) is 65.0 Å². The van der Waals surface area contributed by atoms with Crippen LogP contribution in [0.1, 0.15) is 28.8 Å². The Kier molecular flexibility index (Phi) is 6.86. The fourth-order valence-electron chi connectivity index (χ4n) is 6.25. The number of halogens is 1. The molecule has 2 amide bonds. The van der Waals surface area contributed by atoms with Crippen LogP contribution in [0.3, 0.4) is 0 Å². The normalized spacial score (nSPS) is 26.9. The van der Waals surface area contributed by atoms with Gasteiger partial charge in [-0.1, -0.05) is 11.6 Å². The number of nitrogens with one attached hydrogen (secondary N) is 1. The summed E-state index contributed by atoms with van der Waals surface area (Å²) < 4.78 is 5.22. The van der Waals surface area contributed by atoms with E-state index in [4.69, 9.17) is 22.1 Å². The molecule has 0 radical (unpaired) electrons. The summed E-state index contributed by atoms with van der Waals surface area (Å²) in [6.45, 7) is 0. The second-order valence-corrected chi connectivity index (χ2v) is 11.2. The van der Waals surface area contributed by atoms with E-state index in [-0.39, 0.29) is 29.8 Å². The van der Waals surface area contributed by atoms with Gasteiger partial charge in [-0.05, 0) is 54.7 Å². The molecule has 2 aromatic carbocycles. The lowest BCUT2D eigenvalue weighted by atomic mass is 9.53. The molecule has 5 rings (SSSR count). The molecule has 2 saturated carbocycles. The van der Waals surface area contributed by atoms with E-state index in [1.807, 2.05) is 0 Å². The maximum Gasteiger partial charge on any atom is 0.417 e. The molecule has 5 N–H and O–H groups in total. The zero-order valence-corrected chi connectivity index (χ0v) is 22.7. The van der Waals surface area contributed by atoms with E-state index >= 15 is 0 Å². The number of nitrogens with two attached hydrogens (primary N) is 1. The van der Waals surface area contributed by atoms with Crippen LogP contribution in [-0.2, 0) is 25.6 Å². The molecular formula is C28H26ClN3O9. The molecule has 0 heterocycles. The fourth-order valence-corrected chi connectivity index (χ4v) is 6.38. The summed E-state index contributed by atoms with van der Waals surface area (Å²) in [6, 6.07) is 7.39. The molecule has 0 saturated heterocycles. The lowest BCUT2D eigenvalue weighted by molar-refractivity contribution is -0.175. The van der Waals surface area contributed by atoms with E-state index in [2.05, 4.69) is 5.32 Å². The van der Waals surface area contributed by atoms with Gasteiger partial charge in [0.2, 0.25) is 5.91 Å². The monoisotopic (exact) mass is 583 g/mol. The molecule has 2 unspecified atom stereocenters. The van der Waals surface area contributed by atoms with Gasteiger partial charge in [0.15, 0.2) is 34.7 Å². The number of carbonyl (C=O) groups excluding carboxylic acids is 6. The Morgan fingerprint density at radius 2 is 1.76 bits per heavy atom. The summed E-state index contributed by atoms with van der Waals surface area (Å²) in [5, 5.41) is 25.3. The molecule has 41 heavy (non-hydrogen) atoms. The van der Waals surface area contributed by atoms with Crippen LogP contribution >= 0.6 is 11.6 Å². The third kappa shape index (κ3) is 4.43. The van der Waals surface area contributed by atoms with Gasteiger partial charge in [0.25, 0.3) is 0 Å². The topological polar surface area (TPSA) is 193 Å². The predicted octanol–water partition coefficient (Wildman–Crippen LogP) is 1.66. The van der Waals surface area contributed by atoms with Gasteiger partial charge < -0.3 is 25.6 Å². The summed E-state index contributed by atoms with van der Waals surface area (Å²) in [7, 11) is 3.37. The lowest BCUT2D eigenvalue weighted by Crippen LogP contribution is -2.68. The molecule has 0 aromatic heterocycles. The number of ketones is 4. The van der Waals surface area contributed by atoms with Gasteiger partial charge in [0, 0.05) is 37.1 Å². The van der Waals surface area contributed by atoms with Crippen molar-refractivity contribution >= 4 is 58.1 Å². The fraction of sp³-hybridized carbons (Fsp3) is 0.357. The first-order valence-electron chi connectivity index (χ1n) is 12.7. The van der Waals surface area contributed by atoms with Gasteiger partial charge in [0.05, 0.1) is 17.2 Å². The molecule has 13 heteroatoms. The van der Waals surface area contributed by atoms with Crippen molar-refractivity contribution in [2.75, 3.05) is 24.3 Å². The highest BCUT2D eigenvalue weighted by Crippen LogP contribution is 2.52. The van der Waals surface area contributed by atoms with Crippen LogP contribution in [0.5, 0.6) is 11.5 Å². The zero-order chi connectivity index (χ0) is 30.0. The number of fused-ring (bicyclic) bond motifs is 3. The molecule has 0 aliphatic heterocycles. The number of anilines is 2. The Labute approximate surface area is 238 Å². The van der Waals surface area contributed by atoms with Crippen LogP contribution in [0.2, 0.25) is 5.02 Å². The Bertz CT molecular complexity index is 1540. The summed E-state index contributed by atoms with van der Waals surface area (Å²) in [6.07, 6.45) is -1.32. The highest BCUT2D eigenvalue weighted by atomic mass is 35.5. The first-order valence-corrected chi connectivity index (χ1v) is 13.1. The van der Waals surface area contributed by atoms with Crippen LogP contribution < -0.4 is 20.7 Å². The molecular weight excluding hydrogens is 558 g/mol. The smallest absolute Gasteiger partial charge is 0.417 e. The number of phenols is 1. The number of aliphatic hydroxyl groups is 1. The molecule has 2 fully saturated rings. The van der Waals surface area contributed by atoms with Crippen molar-refractivity contribution in [1.82, 2.24) is 0 Å². The average Bonchev–Trinajstić information content (AvgIpc) is 2.88. The lowest BCUT2D eigenvalue weighted by Gasteiger charge is -2.48. The van der Waals surface area contributed by atoms with Crippen molar-refractivity contribution in [1.29, 1.82) is 0 Å². The van der Waals surface area contributed by atoms with Gasteiger partial charge in [0.1, 0.15) is 11.5 Å². The van der Waals surface area contributed by atoms with Gasteiger partial charge in [-0.15, -0.1) is 0 Å². The first-order chi connectivity index (χ1) is 19.2. The summed E-state index contributed by atoms with van der Waals surface area (Å²) in [5.41, 5.74) is 2.90. The number of hydrogen-bond acceptors (Lipinski definition) is 10. The standard InChI is InChI=1S/C28H26ClN3O9/c1-32(2)17-10-16(31-27(39)41-14-5-3-13(29)4-6-14)22(34)20-15(17)8-11-7-12-9-18(33)21(26(30)38)25(37)28(12,40)24(36)19(11)23(20)35/h3-6,10-12,19,21,34,40H,7-9H2,1-2H3,(H2,30,38)(H,31,39)/t11-,12+,19?,21?,28+/m1/s1. The molecule has 0 spiro atoms. The quantitative estimate of drug-likeness (QED) is 0.304. The highest BCUT2D eigenvalue weighted by Gasteiger charge is 2.66. The van der Waals surface area contributed by atoms with Gasteiger partial charge in [-0.3, -0.25) is 29.3 Å². The number of nitrogens with zero attached hydrogens (tertiary/aromatic N) is 1. The number of Topliss-reactive ketones (excluding diaryl/α,β-unsaturated/α-hetero) is 4. The molecule has 3 aliphatic carbocycles. The maximum atomic E-state index is 13.9. The molecule has 5 atom stereocenters. The van der Waals surface area contributed by atoms with Crippen LogP contribution in [0.4, 0.5) is 16.2 Å². The van der Waals surface area contributed by atoms with E-state index in [9.17, 15) is 39.0 Å². The Hall–Kier alpha value is -4.29. The number of primary amides is 1. The van der Waals surface area contributed by atoms with Crippen LogP contribution in [0.15, 0.2) is 30.3 Å². The molecule has 214 valence electrons. The molecule has 12 nitrogen and oxygen atoms in total. The predicted molar refractivity (Wildman–Crippen MR) is 144 cm³/mol. The zero-order valence-electron chi connectivity index (χ0n) is 22.0. The highest BCUT2D eigenvalue weighted by molar-refractivity contribution is 6.32. The minimum Gasteiger partial charge on any atom is -0.505 e.